The van der Waals surface area contributed by atoms with Crippen LogP contribution >= 0.6 is 0 Å². The molecule has 19 heavy (non-hydrogen) atoms. The lowest BCUT2D eigenvalue weighted by Crippen LogP contribution is -2.44. The summed E-state index contributed by atoms with van der Waals surface area (Å²) >= 11 is 0. The molecule has 102 valence electrons. The van der Waals surface area contributed by atoms with Crippen molar-refractivity contribution in [1.29, 1.82) is 0 Å². The largest absolute Gasteiger partial charge is 0.426 e. The summed E-state index contributed by atoms with van der Waals surface area (Å²) < 4.78 is 43.0. The van der Waals surface area contributed by atoms with E-state index in [1.807, 2.05) is 0 Å². The van der Waals surface area contributed by atoms with Gasteiger partial charge in [-0.15, -0.1) is 0 Å². The van der Waals surface area contributed by atoms with E-state index in [-0.39, 0.29) is 5.75 Å². The summed E-state index contributed by atoms with van der Waals surface area (Å²) in [6.07, 6.45) is -3.31. The topological polar surface area (TPSA) is 38.3 Å². The molecule has 1 fully saturated rings. The quantitative estimate of drug-likeness (QED) is 0.581. The van der Waals surface area contributed by atoms with Crippen molar-refractivity contribution >= 4 is 5.97 Å². The minimum atomic E-state index is -4.43. The van der Waals surface area contributed by atoms with E-state index < -0.39 is 23.1 Å². The fraction of sp³-hybridized carbons (Fsp3) is 0.462. The number of fused-ring (bicyclic) bond motifs is 2. The van der Waals surface area contributed by atoms with Crippen LogP contribution in [0.3, 0.4) is 0 Å². The molecule has 1 spiro atoms. The maximum absolute atomic E-state index is 12.6. The number of hydrogen-bond donors (Lipinski definition) is 1. The lowest BCUT2D eigenvalue weighted by Gasteiger charge is -2.30. The molecular weight excluding hydrogens is 259 g/mol. The third kappa shape index (κ3) is 1.82. The highest BCUT2D eigenvalue weighted by Crippen LogP contribution is 2.47. The molecule has 1 aromatic rings. The predicted molar refractivity (Wildman–Crippen MR) is 60.9 cm³/mol. The van der Waals surface area contributed by atoms with Crippen LogP contribution in [0.25, 0.3) is 0 Å². The number of ether oxygens (including phenoxy) is 1. The molecule has 1 aromatic carbocycles. The average Bonchev–Trinajstić information content (AvgIpc) is 2.62. The Bertz CT molecular complexity index is 533. The Labute approximate surface area is 107 Å². The van der Waals surface area contributed by atoms with Gasteiger partial charge in [-0.1, -0.05) is 6.07 Å². The maximum atomic E-state index is 12.6. The first-order valence-corrected chi connectivity index (χ1v) is 6.08. The molecule has 0 amide bonds. The summed E-state index contributed by atoms with van der Waals surface area (Å²) in [5, 5.41) is 3.14. The normalized spacial score (nSPS) is 21.3. The van der Waals surface area contributed by atoms with Gasteiger partial charge in [-0.3, -0.25) is 4.79 Å². The number of halogens is 3. The standard InChI is InChI=1S/C13H12F3NO2/c14-13(15,16)8-1-2-9-10(7-8)19-11(18)12(9)3-5-17-6-4-12/h1-2,7,17H,3-6H2. The molecule has 2 heterocycles. The van der Waals surface area contributed by atoms with Gasteiger partial charge in [0.1, 0.15) is 5.75 Å². The van der Waals surface area contributed by atoms with Gasteiger partial charge in [-0.05, 0) is 38.1 Å². The Balaban J connectivity index is 2.06. The summed E-state index contributed by atoms with van der Waals surface area (Å²) in [6.45, 7) is 1.32. The molecule has 0 bridgehead atoms. The SMILES string of the molecule is O=C1Oc2cc(C(F)(F)F)ccc2C12CCNCC2. The molecule has 0 atom stereocenters. The second-order valence-electron chi connectivity index (χ2n) is 4.93. The van der Waals surface area contributed by atoms with Crippen molar-refractivity contribution in [2.75, 3.05) is 13.1 Å². The zero-order chi connectivity index (χ0) is 13.7. The predicted octanol–water partition coefficient (Wildman–Crippen LogP) is 2.25. The second kappa shape index (κ2) is 3.96. The van der Waals surface area contributed by atoms with E-state index in [4.69, 9.17) is 4.74 Å². The Hall–Kier alpha value is -1.56. The molecule has 2 aliphatic rings. The zero-order valence-electron chi connectivity index (χ0n) is 10.0. The number of esters is 1. The van der Waals surface area contributed by atoms with E-state index >= 15 is 0 Å². The zero-order valence-corrected chi connectivity index (χ0v) is 10.0. The van der Waals surface area contributed by atoms with E-state index in [9.17, 15) is 18.0 Å². The molecule has 0 aliphatic carbocycles. The summed E-state index contributed by atoms with van der Waals surface area (Å²) in [6, 6.07) is 3.32. The van der Waals surface area contributed by atoms with E-state index in [1.165, 1.54) is 6.07 Å². The molecule has 0 unspecified atom stereocenters. The van der Waals surface area contributed by atoms with Crippen LogP contribution in [0.1, 0.15) is 24.0 Å². The molecule has 6 heteroatoms. The number of nitrogens with one attached hydrogen (secondary N) is 1. The summed E-state index contributed by atoms with van der Waals surface area (Å²) in [7, 11) is 0. The fourth-order valence-electron chi connectivity index (χ4n) is 2.81. The van der Waals surface area contributed by atoms with Gasteiger partial charge in [0.15, 0.2) is 0 Å². The smallest absolute Gasteiger partial charge is 0.416 e. The van der Waals surface area contributed by atoms with Crippen molar-refractivity contribution in [2.24, 2.45) is 0 Å². The molecule has 0 radical (unpaired) electrons. The number of piperidine rings is 1. The van der Waals surface area contributed by atoms with E-state index in [0.717, 1.165) is 12.1 Å². The third-order valence-electron chi connectivity index (χ3n) is 3.88. The average molecular weight is 271 g/mol. The number of rotatable bonds is 0. The second-order valence-corrected chi connectivity index (χ2v) is 4.93. The van der Waals surface area contributed by atoms with Crippen LogP contribution in [-0.4, -0.2) is 19.1 Å². The number of hydrogen-bond acceptors (Lipinski definition) is 3. The van der Waals surface area contributed by atoms with Crippen LogP contribution in [-0.2, 0) is 16.4 Å². The van der Waals surface area contributed by atoms with Crippen LogP contribution in [0.5, 0.6) is 5.75 Å². The summed E-state index contributed by atoms with van der Waals surface area (Å²) in [5.74, 6) is -0.370. The first kappa shape index (κ1) is 12.5. The molecule has 3 rings (SSSR count). The van der Waals surface area contributed by atoms with Gasteiger partial charge in [-0.25, -0.2) is 0 Å². The van der Waals surface area contributed by atoms with Gasteiger partial charge in [0.2, 0.25) is 0 Å². The molecule has 3 nitrogen and oxygen atoms in total. The van der Waals surface area contributed by atoms with Gasteiger partial charge < -0.3 is 10.1 Å². The van der Waals surface area contributed by atoms with Crippen LogP contribution in [0.2, 0.25) is 0 Å². The van der Waals surface area contributed by atoms with Crippen LogP contribution in [0.4, 0.5) is 13.2 Å². The van der Waals surface area contributed by atoms with Gasteiger partial charge in [-0.2, -0.15) is 13.2 Å². The van der Waals surface area contributed by atoms with E-state index in [1.54, 1.807) is 0 Å². The lowest BCUT2D eigenvalue weighted by atomic mass is 9.74. The van der Waals surface area contributed by atoms with E-state index in [2.05, 4.69) is 5.32 Å². The van der Waals surface area contributed by atoms with Crippen LogP contribution in [0, 0.1) is 0 Å². The van der Waals surface area contributed by atoms with Gasteiger partial charge in [0.05, 0.1) is 11.0 Å². The van der Waals surface area contributed by atoms with Gasteiger partial charge in [0, 0.05) is 5.56 Å². The highest BCUT2D eigenvalue weighted by Gasteiger charge is 2.50. The van der Waals surface area contributed by atoms with E-state index in [0.29, 0.717) is 31.5 Å². The van der Waals surface area contributed by atoms with Gasteiger partial charge in [0.25, 0.3) is 0 Å². The molecule has 2 aliphatic heterocycles. The minimum Gasteiger partial charge on any atom is -0.426 e. The van der Waals surface area contributed by atoms with Crippen LogP contribution in [0.15, 0.2) is 18.2 Å². The monoisotopic (exact) mass is 271 g/mol. The Kier molecular flexibility index (Phi) is 2.60. The molecule has 1 saturated heterocycles. The van der Waals surface area contributed by atoms with Crippen molar-refractivity contribution in [2.45, 2.75) is 24.4 Å². The Morgan fingerprint density at radius 3 is 2.53 bits per heavy atom. The number of alkyl halides is 3. The highest BCUT2D eigenvalue weighted by molar-refractivity contribution is 5.90. The van der Waals surface area contributed by atoms with Gasteiger partial charge >= 0.3 is 12.1 Å². The summed E-state index contributed by atoms with van der Waals surface area (Å²) in [4.78, 5) is 12.0. The summed E-state index contributed by atoms with van der Waals surface area (Å²) in [5.41, 5.74) is -0.956. The van der Waals surface area contributed by atoms with Crippen LogP contribution < -0.4 is 10.1 Å². The number of carbonyl (C=O) groups is 1. The lowest BCUT2D eigenvalue weighted by molar-refractivity contribution is -0.140. The highest BCUT2D eigenvalue weighted by atomic mass is 19.4. The first-order valence-electron chi connectivity index (χ1n) is 6.08. The maximum Gasteiger partial charge on any atom is 0.416 e. The van der Waals surface area contributed by atoms with Crippen molar-refractivity contribution < 1.29 is 22.7 Å². The number of carbonyl (C=O) groups excluding carboxylic acids is 1. The molecular formula is C13H12F3NO2. The molecule has 0 aromatic heterocycles. The van der Waals surface area contributed by atoms with Crippen molar-refractivity contribution in [3.05, 3.63) is 29.3 Å². The molecule has 1 N–H and O–H groups in total. The minimum absolute atomic E-state index is 0.0572. The fourth-order valence-corrected chi connectivity index (χ4v) is 2.81. The van der Waals surface area contributed by atoms with Crippen molar-refractivity contribution in [3.8, 4) is 5.75 Å². The first-order chi connectivity index (χ1) is 8.93. The number of benzene rings is 1. The molecule has 0 saturated carbocycles. The Morgan fingerprint density at radius 1 is 1.21 bits per heavy atom. The third-order valence-corrected chi connectivity index (χ3v) is 3.88. The Morgan fingerprint density at radius 2 is 1.89 bits per heavy atom. The van der Waals surface area contributed by atoms with Crippen molar-refractivity contribution in [1.82, 2.24) is 5.32 Å². The van der Waals surface area contributed by atoms with Crippen molar-refractivity contribution in [3.63, 3.8) is 0 Å².